The Morgan fingerprint density at radius 2 is 1.93 bits per heavy atom. The zero-order chi connectivity index (χ0) is 19.4. The molecule has 0 aromatic heterocycles. The Morgan fingerprint density at radius 3 is 2.57 bits per heavy atom. The molecule has 2 aliphatic rings. The highest BCUT2D eigenvalue weighted by atomic mass is 35.5. The molecule has 1 aromatic carbocycles. The summed E-state index contributed by atoms with van der Waals surface area (Å²) in [6.45, 7) is 11.9. The highest BCUT2D eigenvalue weighted by Gasteiger charge is 2.32. The van der Waals surface area contributed by atoms with Crippen LogP contribution in [0.3, 0.4) is 0 Å². The van der Waals surface area contributed by atoms with E-state index in [0.717, 1.165) is 44.0 Å². The van der Waals surface area contributed by atoms with Crippen molar-refractivity contribution in [2.75, 3.05) is 44.2 Å². The standard InChI is InChI=1S/C22H35ClN2O2.ClH/c1-17-11-21(14-22(2,3)13-17)27-16-20(26)15-24-7-9-25(10-8-24)19-6-4-5-18(23)12-19;/h4-6,12,17,20-21,26H,7-11,13-16H2,1-3H3;1H/p-1. The van der Waals surface area contributed by atoms with Gasteiger partial charge in [-0.25, -0.2) is 0 Å². The number of benzene rings is 1. The maximum absolute atomic E-state index is 10.4. The molecule has 0 amide bonds. The van der Waals surface area contributed by atoms with Crippen molar-refractivity contribution in [1.29, 1.82) is 0 Å². The predicted octanol–water partition coefficient (Wildman–Crippen LogP) is 1.06. The fourth-order valence-electron chi connectivity index (χ4n) is 4.84. The summed E-state index contributed by atoms with van der Waals surface area (Å²) in [6.07, 6.45) is 3.37. The van der Waals surface area contributed by atoms with Gasteiger partial charge in [-0.1, -0.05) is 38.4 Å². The lowest BCUT2D eigenvalue weighted by Gasteiger charge is -2.39. The number of anilines is 1. The van der Waals surface area contributed by atoms with E-state index in [1.165, 1.54) is 12.1 Å². The topological polar surface area (TPSA) is 35.9 Å². The number of hydrogen-bond donors (Lipinski definition) is 1. The Kier molecular flexibility index (Phi) is 8.90. The summed E-state index contributed by atoms with van der Waals surface area (Å²) in [5, 5.41) is 11.2. The van der Waals surface area contributed by atoms with Gasteiger partial charge in [-0.15, -0.1) is 0 Å². The molecule has 0 radical (unpaired) electrons. The van der Waals surface area contributed by atoms with Gasteiger partial charge in [-0.05, 0) is 48.8 Å². The van der Waals surface area contributed by atoms with Gasteiger partial charge in [0.1, 0.15) is 0 Å². The van der Waals surface area contributed by atoms with E-state index in [-0.39, 0.29) is 18.5 Å². The van der Waals surface area contributed by atoms with Gasteiger partial charge < -0.3 is 27.2 Å². The van der Waals surface area contributed by atoms with Gasteiger partial charge in [0.25, 0.3) is 0 Å². The number of ether oxygens (including phenoxy) is 1. The van der Waals surface area contributed by atoms with Crippen molar-refractivity contribution in [1.82, 2.24) is 4.90 Å². The van der Waals surface area contributed by atoms with E-state index in [2.05, 4.69) is 36.6 Å². The minimum absolute atomic E-state index is 0. The summed E-state index contributed by atoms with van der Waals surface area (Å²) in [5.41, 5.74) is 1.53. The highest BCUT2D eigenvalue weighted by molar-refractivity contribution is 6.30. The van der Waals surface area contributed by atoms with Crippen LogP contribution >= 0.6 is 11.6 Å². The molecule has 0 spiro atoms. The molecule has 2 fully saturated rings. The molecule has 3 rings (SSSR count). The summed E-state index contributed by atoms with van der Waals surface area (Å²) in [4.78, 5) is 4.69. The molecular formula is C22H35Cl2N2O2-. The van der Waals surface area contributed by atoms with Crippen LogP contribution in [-0.2, 0) is 4.74 Å². The molecule has 1 aliphatic carbocycles. The van der Waals surface area contributed by atoms with Gasteiger partial charge in [0.15, 0.2) is 0 Å². The van der Waals surface area contributed by atoms with Gasteiger partial charge in [0.2, 0.25) is 0 Å². The third-order valence-corrected chi connectivity index (χ3v) is 6.12. The van der Waals surface area contributed by atoms with Crippen molar-refractivity contribution in [2.45, 2.75) is 52.2 Å². The monoisotopic (exact) mass is 429 g/mol. The Labute approximate surface area is 181 Å². The number of hydrogen-bond acceptors (Lipinski definition) is 4. The minimum Gasteiger partial charge on any atom is -1.00 e. The van der Waals surface area contributed by atoms with Gasteiger partial charge in [-0.2, -0.15) is 0 Å². The minimum atomic E-state index is -0.414. The molecule has 1 N–H and O–H groups in total. The maximum Gasteiger partial charge on any atom is 0.0900 e. The number of rotatable bonds is 6. The number of nitrogens with zero attached hydrogens (tertiary/aromatic N) is 2. The second-order valence-corrected chi connectivity index (χ2v) is 9.73. The second kappa shape index (κ2) is 10.5. The van der Waals surface area contributed by atoms with Gasteiger partial charge >= 0.3 is 0 Å². The lowest BCUT2D eigenvalue weighted by Crippen LogP contribution is -3.00. The van der Waals surface area contributed by atoms with E-state index in [1.807, 2.05) is 18.2 Å². The van der Waals surface area contributed by atoms with Gasteiger partial charge in [-0.3, -0.25) is 4.90 Å². The number of halogens is 2. The summed E-state index contributed by atoms with van der Waals surface area (Å²) < 4.78 is 6.09. The van der Waals surface area contributed by atoms with Crippen LogP contribution in [0.4, 0.5) is 5.69 Å². The van der Waals surface area contributed by atoms with Crippen LogP contribution in [0.15, 0.2) is 24.3 Å². The largest absolute Gasteiger partial charge is 1.00 e. The van der Waals surface area contributed by atoms with E-state index in [1.54, 1.807) is 0 Å². The first-order valence-corrected chi connectivity index (χ1v) is 10.7. The van der Waals surface area contributed by atoms with E-state index < -0.39 is 6.10 Å². The van der Waals surface area contributed by atoms with E-state index in [9.17, 15) is 5.11 Å². The Morgan fingerprint density at radius 1 is 1.21 bits per heavy atom. The molecule has 3 atom stereocenters. The molecule has 1 heterocycles. The fraction of sp³-hybridized carbons (Fsp3) is 0.727. The van der Waals surface area contributed by atoms with Crippen LogP contribution in [0.1, 0.15) is 40.0 Å². The number of aliphatic hydroxyl groups excluding tert-OH is 1. The smallest absolute Gasteiger partial charge is 0.0900 e. The van der Waals surface area contributed by atoms with Crippen molar-refractivity contribution >= 4 is 17.3 Å². The molecule has 1 aromatic rings. The first-order chi connectivity index (χ1) is 12.8. The normalized spacial score (nSPS) is 26.5. The van der Waals surface area contributed by atoms with E-state index in [4.69, 9.17) is 16.3 Å². The average molecular weight is 430 g/mol. The summed E-state index contributed by atoms with van der Waals surface area (Å²) in [7, 11) is 0. The van der Waals surface area contributed by atoms with Crippen LogP contribution in [0, 0.1) is 11.3 Å². The number of β-amino-alcohol motifs (C(OH)–C–C–N with tert-alkyl or cyclic N) is 1. The number of aliphatic hydroxyl groups is 1. The summed E-state index contributed by atoms with van der Waals surface area (Å²) in [6, 6.07) is 8.04. The van der Waals surface area contributed by atoms with Crippen LogP contribution in [0.2, 0.25) is 5.02 Å². The number of piperazine rings is 1. The van der Waals surface area contributed by atoms with Crippen molar-refractivity contribution in [3.8, 4) is 0 Å². The van der Waals surface area contributed by atoms with E-state index >= 15 is 0 Å². The molecular weight excluding hydrogens is 395 g/mol. The third-order valence-electron chi connectivity index (χ3n) is 5.89. The Bertz CT molecular complexity index is 606. The van der Waals surface area contributed by atoms with Crippen molar-refractivity contribution in [3.05, 3.63) is 29.3 Å². The molecule has 1 aliphatic heterocycles. The molecule has 4 nitrogen and oxygen atoms in total. The lowest BCUT2D eigenvalue weighted by atomic mass is 9.71. The molecule has 1 saturated carbocycles. The highest BCUT2D eigenvalue weighted by Crippen LogP contribution is 2.39. The second-order valence-electron chi connectivity index (χ2n) is 9.29. The molecule has 28 heavy (non-hydrogen) atoms. The predicted molar refractivity (Wildman–Crippen MR) is 113 cm³/mol. The van der Waals surface area contributed by atoms with Crippen LogP contribution in [0.25, 0.3) is 0 Å². The van der Waals surface area contributed by atoms with Crippen LogP contribution < -0.4 is 17.3 Å². The van der Waals surface area contributed by atoms with Crippen molar-refractivity contribution < 1.29 is 22.3 Å². The molecule has 1 saturated heterocycles. The Hall–Kier alpha value is -0.520. The van der Waals surface area contributed by atoms with Gasteiger partial charge in [0.05, 0.1) is 18.8 Å². The molecule has 3 unspecified atom stereocenters. The maximum atomic E-state index is 10.4. The first-order valence-electron chi connectivity index (χ1n) is 10.3. The first kappa shape index (κ1) is 23.8. The van der Waals surface area contributed by atoms with Crippen LogP contribution in [-0.4, -0.2) is 61.5 Å². The quantitative estimate of drug-likeness (QED) is 0.733. The Balaban J connectivity index is 0.00000280. The molecule has 0 bridgehead atoms. The molecule has 160 valence electrons. The summed E-state index contributed by atoms with van der Waals surface area (Å²) >= 11 is 6.10. The average Bonchev–Trinajstić information content (AvgIpc) is 2.59. The van der Waals surface area contributed by atoms with Crippen LogP contribution in [0.5, 0.6) is 0 Å². The zero-order valence-corrected chi connectivity index (χ0v) is 18.9. The molecule has 6 heteroatoms. The van der Waals surface area contributed by atoms with Crippen molar-refractivity contribution in [3.63, 3.8) is 0 Å². The van der Waals surface area contributed by atoms with Gasteiger partial charge in [0, 0.05) is 43.4 Å². The van der Waals surface area contributed by atoms with Crippen molar-refractivity contribution in [2.24, 2.45) is 11.3 Å². The zero-order valence-electron chi connectivity index (χ0n) is 17.4. The lowest BCUT2D eigenvalue weighted by molar-refractivity contribution is -0.0615. The summed E-state index contributed by atoms with van der Waals surface area (Å²) in [5.74, 6) is 0.704. The fourth-order valence-corrected chi connectivity index (χ4v) is 5.03. The van der Waals surface area contributed by atoms with E-state index in [0.29, 0.717) is 24.5 Å². The third kappa shape index (κ3) is 7.07. The SMILES string of the molecule is CC1CC(OCC(O)CN2CCN(c3cccc(Cl)c3)CC2)CC(C)(C)C1.[Cl-].